The smallest absolute Gasteiger partial charge is 0.360 e. The van der Waals surface area contributed by atoms with E-state index in [-0.39, 0.29) is 23.8 Å². The van der Waals surface area contributed by atoms with Crippen LogP contribution in [0.15, 0.2) is 24.5 Å². The van der Waals surface area contributed by atoms with Crippen LogP contribution in [0.25, 0.3) is 5.69 Å². The molecule has 0 aliphatic heterocycles. The zero-order chi connectivity index (χ0) is 14.0. The number of halogens is 2. The normalized spacial score (nSPS) is 10.5. The maximum atomic E-state index is 13.7. The van der Waals surface area contributed by atoms with Crippen LogP contribution in [0, 0.1) is 5.82 Å². The number of aromatic nitrogens is 2. The van der Waals surface area contributed by atoms with Crippen molar-refractivity contribution in [3.8, 4) is 5.69 Å². The van der Waals surface area contributed by atoms with Gasteiger partial charge in [0.05, 0.1) is 12.3 Å². The number of nitrogen functional groups attached to an aromatic ring is 1. The van der Waals surface area contributed by atoms with Gasteiger partial charge in [-0.3, -0.25) is 4.57 Å². The van der Waals surface area contributed by atoms with Crippen molar-refractivity contribution >= 4 is 23.4 Å². The molecule has 1 aromatic carbocycles. The van der Waals surface area contributed by atoms with Crippen molar-refractivity contribution in [1.29, 1.82) is 0 Å². The Morgan fingerprint density at radius 3 is 3.00 bits per heavy atom. The van der Waals surface area contributed by atoms with Crippen molar-refractivity contribution in [3.05, 3.63) is 41.1 Å². The second-order valence-corrected chi connectivity index (χ2v) is 4.10. The Kier molecular flexibility index (Phi) is 3.71. The molecule has 0 saturated carbocycles. The van der Waals surface area contributed by atoms with Gasteiger partial charge in [-0.1, -0.05) is 11.6 Å². The number of hydrogen-bond acceptors (Lipinski definition) is 4. The van der Waals surface area contributed by atoms with Crippen LogP contribution in [0.3, 0.4) is 0 Å². The summed E-state index contributed by atoms with van der Waals surface area (Å²) in [6, 6.07) is 4.02. The number of hydrogen-bond donors (Lipinski definition) is 1. The predicted octanol–water partition coefficient (Wildman–Crippen LogP) is 2.42. The number of nitrogens with zero attached hydrogens (tertiary/aromatic N) is 2. The van der Waals surface area contributed by atoms with Crippen LogP contribution in [-0.4, -0.2) is 22.1 Å². The van der Waals surface area contributed by atoms with E-state index in [9.17, 15) is 9.18 Å². The summed E-state index contributed by atoms with van der Waals surface area (Å²) in [5, 5.41) is 0.349. The third-order valence-electron chi connectivity index (χ3n) is 2.44. The topological polar surface area (TPSA) is 70.1 Å². The first kappa shape index (κ1) is 13.4. The standard InChI is InChI=1S/C12H11ClFN3O2/c1-2-19-12(18)10-11(15)17(6-16-10)9-5-7(13)3-4-8(9)14/h3-6H,2,15H2,1H3. The van der Waals surface area contributed by atoms with Gasteiger partial charge in [-0.15, -0.1) is 0 Å². The molecule has 0 bridgehead atoms. The molecule has 2 rings (SSSR count). The number of rotatable bonds is 3. The number of carbonyl (C=O) groups excluding carboxylic acids is 1. The number of esters is 1. The molecule has 5 nitrogen and oxygen atoms in total. The highest BCUT2D eigenvalue weighted by molar-refractivity contribution is 6.30. The summed E-state index contributed by atoms with van der Waals surface area (Å²) in [5.74, 6) is -1.18. The van der Waals surface area contributed by atoms with Gasteiger partial charge in [0.15, 0.2) is 5.69 Å². The number of nitrogens with two attached hydrogens (primary N) is 1. The molecule has 1 aromatic heterocycles. The van der Waals surface area contributed by atoms with E-state index in [4.69, 9.17) is 22.1 Å². The molecule has 0 saturated heterocycles. The summed E-state index contributed by atoms with van der Waals surface area (Å²) in [5.41, 5.74) is 5.84. The van der Waals surface area contributed by atoms with E-state index in [1.807, 2.05) is 0 Å². The van der Waals surface area contributed by atoms with Gasteiger partial charge in [0.1, 0.15) is 18.0 Å². The fourth-order valence-corrected chi connectivity index (χ4v) is 1.74. The average Bonchev–Trinajstić information content (AvgIpc) is 2.74. The second kappa shape index (κ2) is 5.27. The molecule has 0 aliphatic rings. The fraction of sp³-hybridized carbons (Fsp3) is 0.167. The summed E-state index contributed by atoms with van der Waals surface area (Å²) in [4.78, 5) is 15.4. The molecule has 19 heavy (non-hydrogen) atoms. The Morgan fingerprint density at radius 2 is 2.32 bits per heavy atom. The number of anilines is 1. The van der Waals surface area contributed by atoms with Crippen molar-refractivity contribution in [2.24, 2.45) is 0 Å². The van der Waals surface area contributed by atoms with E-state index >= 15 is 0 Å². The molecule has 2 N–H and O–H groups in total. The van der Waals surface area contributed by atoms with E-state index in [2.05, 4.69) is 4.98 Å². The van der Waals surface area contributed by atoms with E-state index in [1.54, 1.807) is 6.92 Å². The third kappa shape index (κ3) is 2.53. The maximum absolute atomic E-state index is 13.7. The summed E-state index contributed by atoms with van der Waals surface area (Å²) in [6.07, 6.45) is 1.25. The first-order valence-corrected chi connectivity index (χ1v) is 5.87. The summed E-state index contributed by atoms with van der Waals surface area (Å²) >= 11 is 5.81. The van der Waals surface area contributed by atoms with E-state index in [0.29, 0.717) is 5.02 Å². The third-order valence-corrected chi connectivity index (χ3v) is 2.68. The Bertz CT molecular complexity index is 627. The summed E-state index contributed by atoms with van der Waals surface area (Å²) in [7, 11) is 0. The van der Waals surface area contributed by atoms with Gasteiger partial charge in [-0.05, 0) is 25.1 Å². The zero-order valence-electron chi connectivity index (χ0n) is 10.1. The van der Waals surface area contributed by atoms with Crippen LogP contribution in [0.1, 0.15) is 17.4 Å². The molecule has 0 fully saturated rings. The number of ether oxygens (including phenoxy) is 1. The lowest BCUT2D eigenvalue weighted by Gasteiger charge is -2.07. The van der Waals surface area contributed by atoms with Crippen molar-refractivity contribution in [3.63, 3.8) is 0 Å². The highest BCUT2D eigenvalue weighted by Crippen LogP contribution is 2.23. The van der Waals surface area contributed by atoms with Gasteiger partial charge in [-0.25, -0.2) is 14.2 Å². The molecular formula is C12H11ClFN3O2. The van der Waals surface area contributed by atoms with E-state index < -0.39 is 11.8 Å². The molecule has 7 heteroatoms. The molecule has 0 atom stereocenters. The van der Waals surface area contributed by atoms with Crippen LogP contribution < -0.4 is 5.73 Å². The maximum Gasteiger partial charge on any atom is 0.360 e. The molecule has 0 unspecified atom stereocenters. The first-order valence-electron chi connectivity index (χ1n) is 5.50. The minimum atomic E-state index is -0.652. The fourth-order valence-electron chi connectivity index (χ4n) is 1.58. The molecule has 0 spiro atoms. The van der Waals surface area contributed by atoms with Crippen molar-refractivity contribution < 1.29 is 13.9 Å². The van der Waals surface area contributed by atoms with Crippen molar-refractivity contribution in [2.75, 3.05) is 12.3 Å². The Labute approximate surface area is 113 Å². The van der Waals surface area contributed by atoms with Gasteiger partial charge in [0, 0.05) is 5.02 Å². The number of benzene rings is 1. The molecule has 0 aliphatic carbocycles. The zero-order valence-corrected chi connectivity index (χ0v) is 10.8. The Morgan fingerprint density at radius 1 is 1.58 bits per heavy atom. The van der Waals surface area contributed by atoms with Crippen LogP contribution in [0.4, 0.5) is 10.2 Å². The minimum absolute atomic E-state index is 0.000355. The average molecular weight is 284 g/mol. The van der Waals surface area contributed by atoms with Gasteiger partial charge in [0.25, 0.3) is 0 Å². The van der Waals surface area contributed by atoms with Crippen LogP contribution >= 0.6 is 11.6 Å². The highest BCUT2D eigenvalue weighted by atomic mass is 35.5. The van der Waals surface area contributed by atoms with E-state index in [0.717, 1.165) is 0 Å². The SMILES string of the molecule is CCOC(=O)c1ncn(-c2cc(Cl)ccc2F)c1N. The highest BCUT2D eigenvalue weighted by Gasteiger charge is 2.19. The molecule has 2 aromatic rings. The van der Waals surface area contributed by atoms with Gasteiger partial charge in [-0.2, -0.15) is 0 Å². The largest absolute Gasteiger partial charge is 0.461 e. The first-order chi connectivity index (χ1) is 9.04. The van der Waals surface area contributed by atoms with Crippen LogP contribution in [0.5, 0.6) is 0 Å². The molecule has 0 amide bonds. The predicted molar refractivity (Wildman–Crippen MR) is 68.9 cm³/mol. The van der Waals surface area contributed by atoms with Crippen molar-refractivity contribution in [2.45, 2.75) is 6.92 Å². The van der Waals surface area contributed by atoms with Gasteiger partial charge < -0.3 is 10.5 Å². The lowest BCUT2D eigenvalue weighted by molar-refractivity contribution is 0.0521. The molecule has 1 heterocycles. The quantitative estimate of drug-likeness (QED) is 0.878. The van der Waals surface area contributed by atoms with Crippen molar-refractivity contribution in [1.82, 2.24) is 9.55 Å². The monoisotopic (exact) mass is 283 g/mol. The van der Waals surface area contributed by atoms with Crippen LogP contribution in [0.2, 0.25) is 5.02 Å². The molecular weight excluding hydrogens is 273 g/mol. The number of carbonyl (C=O) groups is 1. The molecule has 0 radical (unpaired) electrons. The van der Waals surface area contributed by atoms with Crippen LogP contribution in [-0.2, 0) is 4.74 Å². The summed E-state index contributed by atoms with van der Waals surface area (Å²) in [6.45, 7) is 1.87. The minimum Gasteiger partial charge on any atom is -0.461 e. The van der Waals surface area contributed by atoms with E-state index in [1.165, 1.54) is 29.1 Å². The van der Waals surface area contributed by atoms with Gasteiger partial charge >= 0.3 is 5.97 Å². The lowest BCUT2D eigenvalue weighted by Crippen LogP contribution is -2.10. The van der Waals surface area contributed by atoms with Gasteiger partial charge in [0.2, 0.25) is 0 Å². The molecule has 100 valence electrons. The Balaban J connectivity index is 2.47. The second-order valence-electron chi connectivity index (χ2n) is 3.66. The lowest BCUT2D eigenvalue weighted by atomic mass is 10.3. The Hall–Kier alpha value is -2.08. The number of imidazole rings is 1. The summed E-state index contributed by atoms with van der Waals surface area (Å²) < 4.78 is 19.8.